The van der Waals surface area contributed by atoms with Crippen LogP contribution in [0.5, 0.6) is 0 Å². The summed E-state index contributed by atoms with van der Waals surface area (Å²) in [6, 6.07) is 0. The molecule has 0 aliphatic carbocycles. The number of hydrogen-bond acceptors (Lipinski definition) is 6. The van der Waals surface area contributed by atoms with E-state index in [2.05, 4.69) is 25.2 Å². The molecule has 1 unspecified atom stereocenters. The zero-order valence-corrected chi connectivity index (χ0v) is 12.8. The van der Waals surface area contributed by atoms with Crippen LogP contribution in [0.15, 0.2) is 0 Å². The number of hydrogen-bond donors (Lipinski definition) is 2. The first-order valence-electron chi connectivity index (χ1n) is 7.13. The van der Waals surface area contributed by atoms with Crippen molar-refractivity contribution in [1.29, 1.82) is 0 Å². The maximum Gasteiger partial charge on any atom is 0.231 e. The molecule has 7 heteroatoms. The summed E-state index contributed by atoms with van der Waals surface area (Å²) >= 11 is 5.96. The monoisotopic (exact) mass is 299 g/mol. The van der Waals surface area contributed by atoms with Gasteiger partial charge in [0.05, 0.1) is 5.60 Å². The molecule has 1 atom stereocenters. The third-order valence-corrected chi connectivity index (χ3v) is 3.79. The maximum absolute atomic E-state index is 9.99. The van der Waals surface area contributed by atoms with E-state index in [1.807, 2.05) is 6.92 Å². The lowest BCUT2D eigenvalue weighted by molar-refractivity contribution is 0.0695. The highest BCUT2D eigenvalue weighted by Crippen LogP contribution is 2.19. The molecule has 2 heterocycles. The van der Waals surface area contributed by atoms with Gasteiger partial charge in [-0.05, 0) is 44.2 Å². The highest BCUT2D eigenvalue weighted by molar-refractivity contribution is 6.28. The fourth-order valence-electron chi connectivity index (χ4n) is 2.05. The average Bonchev–Trinajstić information content (AvgIpc) is 2.46. The molecule has 0 bridgehead atoms. The maximum atomic E-state index is 9.99. The van der Waals surface area contributed by atoms with Crippen molar-refractivity contribution >= 4 is 23.5 Å². The quantitative estimate of drug-likeness (QED) is 0.867. The molecular formula is C13H22ClN5O. The van der Waals surface area contributed by atoms with Crippen molar-refractivity contribution < 1.29 is 5.11 Å². The molecule has 0 saturated carbocycles. The Bertz CT molecular complexity index is 448. The van der Waals surface area contributed by atoms with Gasteiger partial charge in [0.2, 0.25) is 17.2 Å². The van der Waals surface area contributed by atoms with Gasteiger partial charge in [-0.3, -0.25) is 0 Å². The number of piperidine rings is 1. The minimum atomic E-state index is -0.787. The predicted octanol–water partition coefficient (Wildman–Crippen LogP) is 2.09. The number of aromatic nitrogens is 3. The molecule has 0 radical (unpaired) electrons. The first-order valence-corrected chi connectivity index (χ1v) is 7.51. The molecule has 6 nitrogen and oxygen atoms in total. The van der Waals surface area contributed by atoms with Gasteiger partial charge in [0.25, 0.3) is 0 Å². The molecule has 1 fully saturated rings. The number of nitrogens with zero attached hydrogens (tertiary/aromatic N) is 4. The van der Waals surface area contributed by atoms with E-state index < -0.39 is 5.60 Å². The number of halogens is 1. The van der Waals surface area contributed by atoms with E-state index in [-0.39, 0.29) is 5.28 Å². The van der Waals surface area contributed by atoms with Crippen LogP contribution in [0, 0.1) is 0 Å². The van der Waals surface area contributed by atoms with Crippen LogP contribution >= 0.6 is 11.6 Å². The van der Waals surface area contributed by atoms with Gasteiger partial charge < -0.3 is 15.3 Å². The molecule has 0 spiro atoms. The van der Waals surface area contributed by atoms with Crippen LogP contribution < -0.4 is 10.2 Å². The number of rotatable bonds is 5. The Kier molecular flexibility index (Phi) is 4.99. The van der Waals surface area contributed by atoms with Gasteiger partial charge in [-0.2, -0.15) is 15.0 Å². The van der Waals surface area contributed by atoms with Crippen LogP contribution in [0.1, 0.15) is 39.5 Å². The zero-order valence-electron chi connectivity index (χ0n) is 12.1. The third-order valence-electron chi connectivity index (χ3n) is 3.62. The second kappa shape index (κ2) is 6.54. The summed E-state index contributed by atoms with van der Waals surface area (Å²) in [7, 11) is 0. The molecule has 1 aliphatic rings. The van der Waals surface area contributed by atoms with Crippen LogP contribution in [0.4, 0.5) is 11.9 Å². The summed E-state index contributed by atoms with van der Waals surface area (Å²) in [5.41, 5.74) is -0.787. The summed E-state index contributed by atoms with van der Waals surface area (Å²) in [6.07, 6.45) is 4.20. The average molecular weight is 300 g/mol. The Morgan fingerprint density at radius 3 is 2.60 bits per heavy atom. The van der Waals surface area contributed by atoms with Crippen molar-refractivity contribution in [3.05, 3.63) is 5.28 Å². The van der Waals surface area contributed by atoms with Gasteiger partial charge in [-0.1, -0.05) is 6.92 Å². The fourth-order valence-corrected chi connectivity index (χ4v) is 2.20. The zero-order chi connectivity index (χ0) is 14.6. The van der Waals surface area contributed by atoms with Gasteiger partial charge in [0.15, 0.2) is 0 Å². The topological polar surface area (TPSA) is 74.2 Å². The first-order chi connectivity index (χ1) is 9.50. The lowest BCUT2D eigenvalue weighted by atomic mass is 10.0. The molecule has 2 N–H and O–H groups in total. The predicted molar refractivity (Wildman–Crippen MR) is 80.3 cm³/mol. The molecular weight excluding hydrogens is 278 g/mol. The number of nitrogens with one attached hydrogen (secondary N) is 1. The lowest BCUT2D eigenvalue weighted by Gasteiger charge is -2.27. The molecule has 1 aromatic rings. The minimum Gasteiger partial charge on any atom is -0.388 e. The molecule has 20 heavy (non-hydrogen) atoms. The largest absolute Gasteiger partial charge is 0.388 e. The normalized spacial score (nSPS) is 18.7. The number of anilines is 2. The first kappa shape index (κ1) is 15.3. The smallest absolute Gasteiger partial charge is 0.231 e. The molecule has 0 aromatic carbocycles. The van der Waals surface area contributed by atoms with Gasteiger partial charge in [0, 0.05) is 19.6 Å². The Morgan fingerprint density at radius 1 is 1.25 bits per heavy atom. The van der Waals surface area contributed by atoms with Crippen LogP contribution in [0.3, 0.4) is 0 Å². The van der Waals surface area contributed by atoms with E-state index in [9.17, 15) is 5.11 Å². The van der Waals surface area contributed by atoms with Crippen LogP contribution in [-0.4, -0.2) is 45.3 Å². The molecule has 1 aromatic heterocycles. The SMILES string of the molecule is CCC(C)(O)CNc1nc(Cl)nc(N2CCCCC2)n1. The summed E-state index contributed by atoms with van der Waals surface area (Å²) < 4.78 is 0. The van der Waals surface area contributed by atoms with E-state index in [1.54, 1.807) is 6.92 Å². The van der Waals surface area contributed by atoms with Crippen molar-refractivity contribution in [2.75, 3.05) is 29.9 Å². The number of aliphatic hydroxyl groups is 1. The Balaban J connectivity index is 2.08. The van der Waals surface area contributed by atoms with Crippen molar-refractivity contribution in [3.63, 3.8) is 0 Å². The van der Waals surface area contributed by atoms with E-state index in [0.717, 1.165) is 25.9 Å². The highest BCUT2D eigenvalue weighted by atomic mass is 35.5. The minimum absolute atomic E-state index is 0.180. The Hall–Kier alpha value is -1.14. The van der Waals surface area contributed by atoms with Crippen LogP contribution in [-0.2, 0) is 0 Å². The second-order valence-electron chi connectivity index (χ2n) is 5.48. The molecule has 0 amide bonds. The van der Waals surface area contributed by atoms with Crippen molar-refractivity contribution in [2.24, 2.45) is 0 Å². The van der Waals surface area contributed by atoms with E-state index >= 15 is 0 Å². The molecule has 1 aliphatic heterocycles. The van der Waals surface area contributed by atoms with E-state index in [1.165, 1.54) is 6.42 Å². The summed E-state index contributed by atoms with van der Waals surface area (Å²) in [4.78, 5) is 14.8. The van der Waals surface area contributed by atoms with E-state index in [0.29, 0.717) is 24.9 Å². The van der Waals surface area contributed by atoms with Gasteiger partial charge in [-0.15, -0.1) is 0 Å². The Labute approximate surface area is 124 Å². The van der Waals surface area contributed by atoms with Gasteiger partial charge in [0.1, 0.15) is 0 Å². The van der Waals surface area contributed by atoms with Gasteiger partial charge in [-0.25, -0.2) is 0 Å². The Morgan fingerprint density at radius 2 is 1.95 bits per heavy atom. The molecule has 1 saturated heterocycles. The fraction of sp³-hybridized carbons (Fsp3) is 0.769. The third kappa shape index (κ3) is 4.18. The van der Waals surface area contributed by atoms with Crippen LogP contribution in [0.2, 0.25) is 5.28 Å². The highest BCUT2D eigenvalue weighted by Gasteiger charge is 2.19. The van der Waals surface area contributed by atoms with E-state index in [4.69, 9.17) is 11.6 Å². The standard InChI is InChI=1S/C13H22ClN5O/c1-3-13(2,20)9-15-11-16-10(14)17-12(18-11)19-7-5-4-6-8-19/h20H,3-9H2,1-2H3,(H,15,16,17,18). The van der Waals surface area contributed by atoms with Crippen molar-refractivity contribution in [2.45, 2.75) is 45.1 Å². The summed E-state index contributed by atoms with van der Waals surface area (Å²) in [6.45, 7) is 5.98. The second-order valence-corrected chi connectivity index (χ2v) is 5.82. The van der Waals surface area contributed by atoms with Crippen LogP contribution in [0.25, 0.3) is 0 Å². The molecule has 112 valence electrons. The lowest BCUT2D eigenvalue weighted by Crippen LogP contribution is -2.34. The van der Waals surface area contributed by atoms with Crippen molar-refractivity contribution in [3.8, 4) is 0 Å². The van der Waals surface area contributed by atoms with Crippen molar-refractivity contribution in [1.82, 2.24) is 15.0 Å². The summed E-state index contributed by atoms with van der Waals surface area (Å²) in [5.74, 6) is 1.03. The van der Waals surface area contributed by atoms with Gasteiger partial charge >= 0.3 is 0 Å². The molecule has 2 rings (SSSR count). The summed E-state index contributed by atoms with van der Waals surface area (Å²) in [5, 5.41) is 13.2.